The van der Waals surface area contributed by atoms with Crippen molar-refractivity contribution in [3.63, 3.8) is 0 Å². The summed E-state index contributed by atoms with van der Waals surface area (Å²) < 4.78 is 1.48. The third-order valence-corrected chi connectivity index (χ3v) is 2.95. The minimum absolute atomic E-state index is 0.183. The third kappa shape index (κ3) is 2.90. The fourth-order valence-electron chi connectivity index (χ4n) is 1.90. The van der Waals surface area contributed by atoms with Gasteiger partial charge in [-0.25, -0.2) is 9.67 Å². The molecule has 2 aromatic heterocycles. The number of anilines is 1. The van der Waals surface area contributed by atoms with Gasteiger partial charge < -0.3 is 5.32 Å². The van der Waals surface area contributed by atoms with E-state index in [2.05, 4.69) is 15.4 Å². The van der Waals surface area contributed by atoms with Crippen molar-refractivity contribution in [2.75, 3.05) is 5.32 Å². The van der Waals surface area contributed by atoms with E-state index in [0.29, 0.717) is 5.82 Å². The molecular formula is C16H12N4O2. The molecule has 6 nitrogen and oxygen atoms in total. The number of pyridine rings is 1. The Bertz CT molecular complexity index is 845. The SMILES string of the molecule is O=C(Nc1ccccn1)c1nn(-c2ccccc2)ccc1=O. The first-order chi connectivity index (χ1) is 10.7. The van der Waals surface area contributed by atoms with E-state index in [1.54, 1.807) is 24.4 Å². The number of carbonyl (C=O) groups excluding carboxylic acids is 1. The van der Waals surface area contributed by atoms with Crippen LogP contribution in [0.2, 0.25) is 0 Å². The highest BCUT2D eigenvalue weighted by Gasteiger charge is 2.14. The highest BCUT2D eigenvalue weighted by molar-refractivity contribution is 6.02. The lowest BCUT2D eigenvalue weighted by Gasteiger charge is -2.07. The first kappa shape index (κ1) is 13.7. The predicted octanol–water partition coefficient (Wildman–Crippen LogP) is 1.88. The molecular weight excluding hydrogens is 280 g/mol. The Labute approximate surface area is 126 Å². The number of amides is 1. The highest BCUT2D eigenvalue weighted by atomic mass is 16.2. The summed E-state index contributed by atoms with van der Waals surface area (Å²) in [6.07, 6.45) is 3.07. The molecule has 0 saturated heterocycles. The van der Waals surface area contributed by atoms with E-state index in [1.165, 1.54) is 16.9 Å². The lowest BCUT2D eigenvalue weighted by Crippen LogP contribution is -2.25. The van der Waals surface area contributed by atoms with Crippen LogP contribution in [0.15, 0.2) is 71.8 Å². The first-order valence-electron chi connectivity index (χ1n) is 6.62. The monoisotopic (exact) mass is 292 g/mol. The summed E-state index contributed by atoms with van der Waals surface area (Å²) in [7, 11) is 0. The van der Waals surface area contributed by atoms with Gasteiger partial charge in [0.1, 0.15) is 5.82 Å². The van der Waals surface area contributed by atoms with Crippen molar-refractivity contribution in [3.05, 3.63) is 82.9 Å². The molecule has 0 unspecified atom stereocenters. The van der Waals surface area contributed by atoms with Gasteiger partial charge in [0.05, 0.1) is 5.69 Å². The maximum atomic E-state index is 12.2. The molecule has 0 fully saturated rings. The van der Waals surface area contributed by atoms with Crippen molar-refractivity contribution < 1.29 is 4.79 Å². The summed E-state index contributed by atoms with van der Waals surface area (Å²) in [5.74, 6) is -0.224. The molecule has 3 rings (SSSR count). The molecule has 2 heterocycles. The largest absolute Gasteiger partial charge is 0.305 e. The van der Waals surface area contributed by atoms with Crippen LogP contribution >= 0.6 is 0 Å². The van der Waals surface area contributed by atoms with E-state index in [4.69, 9.17) is 0 Å². The average Bonchev–Trinajstić information content (AvgIpc) is 2.57. The zero-order chi connectivity index (χ0) is 15.4. The Balaban J connectivity index is 1.93. The minimum atomic E-state index is -0.589. The Morgan fingerprint density at radius 1 is 1.00 bits per heavy atom. The van der Waals surface area contributed by atoms with Crippen LogP contribution in [0.5, 0.6) is 0 Å². The van der Waals surface area contributed by atoms with E-state index in [0.717, 1.165) is 5.69 Å². The smallest absolute Gasteiger partial charge is 0.281 e. The third-order valence-electron chi connectivity index (χ3n) is 2.95. The Morgan fingerprint density at radius 2 is 1.77 bits per heavy atom. The summed E-state index contributed by atoms with van der Waals surface area (Å²) in [6.45, 7) is 0. The summed E-state index contributed by atoms with van der Waals surface area (Å²) in [5.41, 5.74) is 0.131. The van der Waals surface area contributed by atoms with Gasteiger partial charge in [-0.2, -0.15) is 5.10 Å². The van der Waals surface area contributed by atoms with Crippen LogP contribution in [0.3, 0.4) is 0 Å². The minimum Gasteiger partial charge on any atom is -0.305 e. The van der Waals surface area contributed by atoms with Crippen LogP contribution in [-0.4, -0.2) is 20.7 Å². The number of benzene rings is 1. The zero-order valence-electron chi connectivity index (χ0n) is 11.5. The Hall–Kier alpha value is -3.28. The zero-order valence-corrected chi connectivity index (χ0v) is 11.5. The summed E-state index contributed by atoms with van der Waals surface area (Å²) >= 11 is 0. The van der Waals surface area contributed by atoms with E-state index in [9.17, 15) is 9.59 Å². The molecule has 0 saturated carbocycles. The van der Waals surface area contributed by atoms with Gasteiger partial charge in [-0.3, -0.25) is 9.59 Å². The van der Waals surface area contributed by atoms with E-state index >= 15 is 0 Å². The molecule has 22 heavy (non-hydrogen) atoms. The van der Waals surface area contributed by atoms with E-state index in [1.807, 2.05) is 30.3 Å². The fraction of sp³-hybridized carbons (Fsp3) is 0. The molecule has 1 aromatic carbocycles. The molecule has 1 amide bonds. The van der Waals surface area contributed by atoms with Crippen LogP contribution in [0.1, 0.15) is 10.5 Å². The molecule has 108 valence electrons. The molecule has 0 atom stereocenters. The summed E-state index contributed by atoms with van der Waals surface area (Å²) in [4.78, 5) is 28.1. The normalized spacial score (nSPS) is 10.2. The maximum Gasteiger partial charge on any atom is 0.281 e. The number of nitrogens with zero attached hydrogens (tertiary/aromatic N) is 3. The van der Waals surface area contributed by atoms with Gasteiger partial charge in [0.15, 0.2) is 5.69 Å². The molecule has 3 aromatic rings. The van der Waals surface area contributed by atoms with Gasteiger partial charge in [0.2, 0.25) is 5.43 Å². The number of para-hydroxylation sites is 1. The van der Waals surface area contributed by atoms with Gasteiger partial charge in [0.25, 0.3) is 5.91 Å². The molecule has 0 spiro atoms. The van der Waals surface area contributed by atoms with Crippen molar-refractivity contribution in [2.24, 2.45) is 0 Å². The second-order valence-corrected chi connectivity index (χ2v) is 4.48. The number of carbonyl (C=O) groups is 1. The second-order valence-electron chi connectivity index (χ2n) is 4.48. The standard InChI is InChI=1S/C16H12N4O2/c21-13-9-11-20(12-6-2-1-3-7-12)19-15(13)16(22)18-14-8-4-5-10-17-14/h1-11H,(H,17,18,22). The van der Waals surface area contributed by atoms with Crippen LogP contribution in [0.25, 0.3) is 5.69 Å². The van der Waals surface area contributed by atoms with Crippen molar-refractivity contribution in [3.8, 4) is 5.69 Å². The average molecular weight is 292 g/mol. The molecule has 0 bridgehead atoms. The topological polar surface area (TPSA) is 76.9 Å². The quantitative estimate of drug-likeness (QED) is 0.799. The van der Waals surface area contributed by atoms with Gasteiger partial charge in [-0.05, 0) is 24.3 Å². The van der Waals surface area contributed by atoms with Crippen molar-refractivity contribution in [1.82, 2.24) is 14.8 Å². The van der Waals surface area contributed by atoms with Gasteiger partial charge in [-0.1, -0.05) is 24.3 Å². The Morgan fingerprint density at radius 3 is 2.50 bits per heavy atom. The predicted molar refractivity (Wildman–Crippen MR) is 82.0 cm³/mol. The Kier molecular flexibility index (Phi) is 3.74. The number of nitrogens with one attached hydrogen (secondary N) is 1. The molecule has 0 aliphatic heterocycles. The van der Waals surface area contributed by atoms with Gasteiger partial charge >= 0.3 is 0 Å². The summed E-state index contributed by atoms with van der Waals surface area (Å²) in [6, 6.07) is 15.7. The lowest BCUT2D eigenvalue weighted by molar-refractivity contribution is 0.101. The fourth-order valence-corrected chi connectivity index (χ4v) is 1.90. The van der Waals surface area contributed by atoms with Crippen LogP contribution in [0, 0.1) is 0 Å². The van der Waals surface area contributed by atoms with E-state index in [-0.39, 0.29) is 5.69 Å². The van der Waals surface area contributed by atoms with Crippen molar-refractivity contribution >= 4 is 11.7 Å². The van der Waals surface area contributed by atoms with Crippen molar-refractivity contribution in [2.45, 2.75) is 0 Å². The molecule has 0 aliphatic carbocycles. The summed E-state index contributed by atoms with van der Waals surface area (Å²) in [5, 5.41) is 6.65. The maximum absolute atomic E-state index is 12.2. The van der Waals surface area contributed by atoms with E-state index < -0.39 is 11.3 Å². The van der Waals surface area contributed by atoms with Crippen LogP contribution in [-0.2, 0) is 0 Å². The number of hydrogen-bond acceptors (Lipinski definition) is 4. The first-order valence-corrected chi connectivity index (χ1v) is 6.62. The van der Waals surface area contributed by atoms with Gasteiger partial charge in [0, 0.05) is 18.5 Å². The lowest BCUT2D eigenvalue weighted by atomic mass is 10.3. The van der Waals surface area contributed by atoms with Gasteiger partial charge in [-0.15, -0.1) is 0 Å². The number of aromatic nitrogens is 3. The van der Waals surface area contributed by atoms with Crippen LogP contribution in [0.4, 0.5) is 5.82 Å². The molecule has 0 radical (unpaired) electrons. The second kappa shape index (κ2) is 6.01. The molecule has 1 N–H and O–H groups in total. The number of hydrogen-bond donors (Lipinski definition) is 1. The van der Waals surface area contributed by atoms with Crippen LogP contribution < -0.4 is 10.7 Å². The number of rotatable bonds is 3. The molecule has 6 heteroatoms. The molecule has 0 aliphatic rings. The van der Waals surface area contributed by atoms with Crippen molar-refractivity contribution in [1.29, 1.82) is 0 Å². The highest BCUT2D eigenvalue weighted by Crippen LogP contribution is 2.05.